The molecule has 0 aliphatic carbocycles. The Labute approximate surface area is 111 Å². The van der Waals surface area contributed by atoms with Gasteiger partial charge in [-0.3, -0.25) is 0 Å². The summed E-state index contributed by atoms with van der Waals surface area (Å²) in [4.78, 5) is 4.27. The van der Waals surface area contributed by atoms with Crippen LogP contribution in [0.4, 0.5) is 23.2 Å². The van der Waals surface area contributed by atoms with Crippen molar-refractivity contribution in [3.8, 4) is 5.69 Å². The van der Waals surface area contributed by atoms with Crippen LogP contribution in [0.25, 0.3) is 5.69 Å². The second-order valence-corrected chi connectivity index (χ2v) is 4.03. The smallest absolute Gasteiger partial charge is 0.292 e. The van der Waals surface area contributed by atoms with Gasteiger partial charge in [0.15, 0.2) is 12.4 Å². The first kappa shape index (κ1) is 15.8. The van der Waals surface area contributed by atoms with Gasteiger partial charge in [0, 0.05) is 31.9 Å². The van der Waals surface area contributed by atoms with Crippen LogP contribution >= 0.6 is 0 Å². The number of halogens is 5. The summed E-state index contributed by atoms with van der Waals surface area (Å²) in [5.41, 5.74) is -0.0672. The van der Waals surface area contributed by atoms with Gasteiger partial charge in [-0.25, -0.2) is 0 Å². The molecular formula is C12H10F5N3. The predicted molar refractivity (Wildman–Crippen MR) is 59.9 cm³/mol. The predicted octanol–water partition coefficient (Wildman–Crippen LogP) is -1.02. The molecule has 20 heavy (non-hydrogen) atoms. The van der Waals surface area contributed by atoms with E-state index >= 15 is 0 Å². The minimum absolute atomic E-state index is 0. The maximum Gasteiger partial charge on any atom is 0.292 e. The van der Waals surface area contributed by atoms with Crippen molar-refractivity contribution in [2.24, 2.45) is 0 Å². The van der Waals surface area contributed by atoms with Crippen LogP contribution in [0.5, 0.6) is 0 Å². The highest BCUT2D eigenvalue weighted by Crippen LogP contribution is 2.17. The highest BCUT2D eigenvalue weighted by Gasteiger charge is 2.28. The van der Waals surface area contributed by atoms with Crippen molar-refractivity contribution in [3.63, 3.8) is 0 Å². The van der Waals surface area contributed by atoms with Gasteiger partial charge in [-0.15, -0.1) is 0 Å². The van der Waals surface area contributed by atoms with Crippen LogP contribution in [-0.4, -0.2) is 19.1 Å². The SMILES string of the molecule is CN(C)c1cc[n+](-c2c(F)c(F)nc(F)c2F)cc1.[F-]. The summed E-state index contributed by atoms with van der Waals surface area (Å²) in [5.74, 6) is -6.45. The Balaban J connectivity index is 0.00000200. The van der Waals surface area contributed by atoms with E-state index in [1.54, 1.807) is 31.1 Å². The molecule has 0 amide bonds. The van der Waals surface area contributed by atoms with Gasteiger partial charge in [-0.1, -0.05) is 0 Å². The Morgan fingerprint density at radius 3 is 1.80 bits per heavy atom. The minimum Gasteiger partial charge on any atom is -1.00 e. The zero-order valence-corrected chi connectivity index (χ0v) is 10.5. The van der Waals surface area contributed by atoms with Crippen LogP contribution in [0.15, 0.2) is 24.5 Å². The summed E-state index contributed by atoms with van der Waals surface area (Å²) >= 11 is 0. The molecule has 0 aliphatic heterocycles. The molecule has 0 aromatic carbocycles. The highest BCUT2D eigenvalue weighted by molar-refractivity contribution is 5.42. The lowest BCUT2D eigenvalue weighted by Crippen LogP contribution is -3.00. The van der Waals surface area contributed by atoms with E-state index in [2.05, 4.69) is 4.98 Å². The van der Waals surface area contributed by atoms with Gasteiger partial charge < -0.3 is 9.60 Å². The Bertz CT molecular complexity index is 587. The van der Waals surface area contributed by atoms with Crippen molar-refractivity contribution in [3.05, 3.63) is 48.1 Å². The third-order valence-corrected chi connectivity index (χ3v) is 2.56. The molecule has 0 spiro atoms. The molecular weight excluding hydrogens is 281 g/mol. The average molecular weight is 291 g/mol. The lowest BCUT2D eigenvalue weighted by atomic mass is 10.3. The van der Waals surface area contributed by atoms with Crippen LogP contribution in [0.2, 0.25) is 0 Å². The van der Waals surface area contributed by atoms with Crippen LogP contribution in [0, 0.1) is 23.5 Å². The average Bonchev–Trinajstić information content (AvgIpc) is 2.37. The molecule has 2 heterocycles. The molecule has 0 unspecified atom stereocenters. The van der Waals surface area contributed by atoms with Crippen molar-refractivity contribution >= 4 is 5.69 Å². The molecule has 0 fully saturated rings. The molecule has 0 saturated carbocycles. The summed E-state index contributed by atoms with van der Waals surface area (Å²) in [5, 5.41) is 0. The molecule has 0 bridgehead atoms. The van der Waals surface area contributed by atoms with E-state index in [0.29, 0.717) is 0 Å². The van der Waals surface area contributed by atoms with E-state index in [-0.39, 0.29) is 4.70 Å². The number of hydrogen-bond acceptors (Lipinski definition) is 2. The molecule has 2 rings (SSSR count). The third-order valence-electron chi connectivity index (χ3n) is 2.56. The molecule has 0 saturated heterocycles. The summed E-state index contributed by atoms with van der Waals surface area (Å²) in [7, 11) is 3.57. The maximum absolute atomic E-state index is 13.5. The first-order valence-corrected chi connectivity index (χ1v) is 5.31. The largest absolute Gasteiger partial charge is 1.00 e. The Morgan fingerprint density at radius 1 is 0.950 bits per heavy atom. The van der Waals surface area contributed by atoms with E-state index < -0.39 is 29.2 Å². The van der Waals surface area contributed by atoms with Crippen LogP contribution < -0.4 is 14.2 Å². The quantitative estimate of drug-likeness (QED) is 0.401. The lowest BCUT2D eigenvalue weighted by molar-refractivity contribution is -0.600. The molecule has 0 atom stereocenters. The van der Waals surface area contributed by atoms with Gasteiger partial charge in [0.2, 0.25) is 0 Å². The monoisotopic (exact) mass is 291 g/mol. The molecule has 2 aromatic heterocycles. The van der Waals surface area contributed by atoms with E-state index in [1.807, 2.05) is 0 Å². The van der Waals surface area contributed by atoms with Gasteiger partial charge in [-0.05, 0) is 0 Å². The van der Waals surface area contributed by atoms with E-state index in [4.69, 9.17) is 0 Å². The van der Waals surface area contributed by atoms with Crippen molar-refractivity contribution in [1.29, 1.82) is 0 Å². The number of rotatable bonds is 2. The molecule has 0 radical (unpaired) electrons. The Hall–Kier alpha value is -2.25. The van der Waals surface area contributed by atoms with Crippen molar-refractivity contribution in [2.45, 2.75) is 0 Å². The van der Waals surface area contributed by atoms with E-state index in [0.717, 1.165) is 10.3 Å². The van der Waals surface area contributed by atoms with Crippen molar-refractivity contribution in [1.82, 2.24) is 4.98 Å². The van der Waals surface area contributed by atoms with Gasteiger partial charge in [0.05, 0.1) is 0 Å². The molecule has 0 aliphatic rings. The van der Waals surface area contributed by atoms with Crippen molar-refractivity contribution < 1.29 is 26.8 Å². The second-order valence-electron chi connectivity index (χ2n) is 4.03. The molecule has 2 aromatic rings. The maximum atomic E-state index is 13.5. The number of aromatic nitrogens is 2. The van der Waals surface area contributed by atoms with Crippen LogP contribution in [-0.2, 0) is 0 Å². The summed E-state index contributed by atoms with van der Waals surface area (Å²) in [6, 6.07) is 3.10. The van der Waals surface area contributed by atoms with Crippen LogP contribution in [0.1, 0.15) is 0 Å². The minimum atomic E-state index is -1.68. The van der Waals surface area contributed by atoms with Crippen molar-refractivity contribution in [2.75, 3.05) is 19.0 Å². The van der Waals surface area contributed by atoms with Crippen LogP contribution in [0.3, 0.4) is 0 Å². The normalized spacial score (nSPS) is 10.1. The summed E-state index contributed by atoms with van der Waals surface area (Å²) < 4.78 is 54.0. The first-order valence-electron chi connectivity index (χ1n) is 5.31. The Morgan fingerprint density at radius 2 is 1.40 bits per heavy atom. The number of hydrogen-bond donors (Lipinski definition) is 0. The fraction of sp³-hybridized carbons (Fsp3) is 0.167. The van der Waals surface area contributed by atoms with E-state index in [1.165, 1.54) is 12.4 Å². The zero-order valence-electron chi connectivity index (χ0n) is 10.5. The number of pyridine rings is 2. The second kappa shape index (κ2) is 5.81. The Kier molecular flexibility index (Phi) is 4.59. The summed E-state index contributed by atoms with van der Waals surface area (Å²) in [6.45, 7) is 0. The number of nitrogens with zero attached hydrogens (tertiary/aromatic N) is 3. The topological polar surface area (TPSA) is 20.0 Å². The fourth-order valence-corrected chi connectivity index (χ4v) is 1.57. The van der Waals surface area contributed by atoms with Gasteiger partial charge >= 0.3 is 0 Å². The molecule has 0 N–H and O–H groups in total. The lowest BCUT2D eigenvalue weighted by Gasteiger charge is -2.10. The molecule has 3 nitrogen and oxygen atoms in total. The van der Waals surface area contributed by atoms with Gasteiger partial charge in [-0.2, -0.15) is 27.1 Å². The summed E-state index contributed by atoms with van der Waals surface area (Å²) in [6.07, 6.45) is 2.60. The van der Waals surface area contributed by atoms with Gasteiger partial charge in [0.1, 0.15) is 0 Å². The third kappa shape index (κ3) is 2.68. The van der Waals surface area contributed by atoms with Gasteiger partial charge in [0.25, 0.3) is 29.2 Å². The molecule has 108 valence electrons. The first-order chi connectivity index (χ1) is 8.91. The standard InChI is InChI=1S/C12H10F4N3.FH/c1-18(2)7-3-5-19(6-4-7)10-8(13)11(15)17-12(16)9(10)14;/h3-6H,1-2H3;1H/q+1;/p-1. The fourth-order valence-electron chi connectivity index (χ4n) is 1.57. The number of anilines is 1. The molecule has 8 heteroatoms. The zero-order chi connectivity index (χ0) is 14.2. The van der Waals surface area contributed by atoms with E-state index in [9.17, 15) is 17.6 Å². The highest BCUT2D eigenvalue weighted by atomic mass is 19.2.